The van der Waals surface area contributed by atoms with Gasteiger partial charge in [-0.15, -0.1) is 0 Å². The number of aromatic nitrogens is 5. The highest BCUT2D eigenvalue weighted by Gasteiger charge is 2.16. The van der Waals surface area contributed by atoms with Crippen LogP contribution in [0.25, 0.3) is 0 Å². The molecule has 18 heavy (non-hydrogen) atoms. The summed E-state index contributed by atoms with van der Waals surface area (Å²) in [7, 11) is 1.73. The molecule has 0 aliphatic carbocycles. The van der Waals surface area contributed by atoms with Crippen LogP contribution in [0.15, 0.2) is 11.2 Å². The minimum atomic E-state index is -2.75. The predicted molar refractivity (Wildman–Crippen MR) is 63.3 cm³/mol. The maximum atomic E-state index is 12.6. The lowest BCUT2D eigenvalue weighted by Crippen LogP contribution is -2.02. The number of alkyl halides is 2. The summed E-state index contributed by atoms with van der Waals surface area (Å²) in [5.41, 5.74) is 1.49. The molecule has 0 fully saturated rings. The molecule has 6 nitrogen and oxygen atoms in total. The van der Waals surface area contributed by atoms with E-state index in [0.717, 1.165) is 10.4 Å². The summed E-state index contributed by atoms with van der Waals surface area (Å²) in [5, 5.41) is 13.7. The van der Waals surface area contributed by atoms with Crippen molar-refractivity contribution in [3.8, 4) is 0 Å². The summed E-state index contributed by atoms with van der Waals surface area (Å²) in [6.07, 6.45) is -1.35. The van der Waals surface area contributed by atoms with E-state index >= 15 is 0 Å². The number of nitrogens with one attached hydrogen (secondary N) is 1. The minimum Gasteiger partial charge on any atom is -0.267 e. The van der Waals surface area contributed by atoms with Gasteiger partial charge in [0.2, 0.25) is 10.6 Å². The summed E-state index contributed by atoms with van der Waals surface area (Å²) in [5.74, 6) is -0.518. The van der Waals surface area contributed by atoms with E-state index in [0.29, 0.717) is 5.69 Å². The van der Waals surface area contributed by atoms with Gasteiger partial charge in [0.15, 0.2) is 0 Å². The number of nitrogens with zero attached hydrogens (tertiary/aromatic N) is 5. The quantitative estimate of drug-likeness (QED) is 0.684. The van der Waals surface area contributed by atoms with Gasteiger partial charge in [-0.3, -0.25) is 4.68 Å². The first-order valence-corrected chi connectivity index (χ1v) is 5.40. The molecule has 0 atom stereocenters. The van der Waals surface area contributed by atoms with Gasteiger partial charge in [-0.25, -0.2) is 13.9 Å². The molecule has 0 saturated carbocycles. The van der Waals surface area contributed by atoms with Crippen LogP contribution < -0.4 is 0 Å². The van der Waals surface area contributed by atoms with Gasteiger partial charge in [0.25, 0.3) is 6.43 Å². The SMILES string of the molecule is Cc1cc(C=Nn2c(C(F)F)n[nH]c2=S)n(C)n1. The van der Waals surface area contributed by atoms with Gasteiger partial charge in [-0.2, -0.15) is 20.0 Å². The zero-order valence-electron chi connectivity index (χ0n) is 9.63. The molecular formula is C9H10F2N6S. The molecule has 0 amide bonds. The van der Waals surface area contributed by atoms with Gasteiger partial charge in [0.1, 0.15) is 0 Å². The average Bonchev–Trinajstić information content (AvgIpc) is 2.79. The van der Waals surface area contributed by atoms with E-state index in [9.17, 15) is 8.78 Å². The Bertz CT molecular complexity index is 638. The van der Waals surface area contributed by atoms with Crippen LogP contribution in [0.3, 0.4) is 0 Å². The van der Waals surface area contributed by atoms with Crippen molar-refractivity contribution in [1.82, 2.24) is 24.7 Å². The van der Waals surface area contributed by atoms with Crippen molar-refractivity contribution in [2.45, 2.75) is 13.3 Å². The first kappa shape index (κ1) is 12.6. The van der Waals surface area contributed by atoms with E-state index in [1.54, 1.807) is 17.8 Å². The van der Waals surface area contributed by atoms with Gasteiger partial charge < -0.3 is 0 Å². The highest BCUT2D eigenvalue weighted by Crippen LogP contribution is 2.15. The van der Waals surface area contributed by atoms with Crippen molar-refractivity contribution in [3.05, 3.63) is 28.0 Å². The molecule has 2 rings (SSSR count). The molecule has 1 N–H and O–H groups in total. The van der Waals surface area contributed by atoms with Crippen LogP contribution in [0.4, 0.5) is 8.78 Å². The third kappa shape index (κ3) is 2.35. The zero-order valence-corrected chi connectivity index (χ0v) is 10.4. The molecule has 2 heterocycles. The molecule has 2 aromatic heterocycles. The highest BCUT2D eigenvalue weighted by atomic mass is 32.1. The first-order valence-electron chi connectivity index (χ1n) is 4.99. The average molecular weight is 272 g/mol. The summed E-state index contributed by atoms with van der Waals surface area (Å²) in [6.45, 7) is 1.82. The van der Waals surface area contributed by atoms with Gasteiger partial charge in [0.05, 0.1) is 17.6 Å². The van der Waals surface area contributed by atoms with Crippen LogP contribution in [0.5, 0.6) is 0 Å². The van der Waals surface area contributed by atoms with Crippen molar-refractivity contribution in [1.29, 1.82) is 0 Å². The summed E-state index contributed by atoms with van der Waals surface area (Å²) in [6, 6.07) is 1.77. The Balaban J connectivity index is 2.37. The van der Waals surface area contributed by atoms with Crippen LogP contribution in [0.2, 0.25) is 0 Å². The minimum absolute atomic E-state index is 0.0143. The Morgan fingerprint density at radius 1 is 1.56 bits per heavy atom. The molecule has 0 aromatic carbocycles. The lowest BCUT2D eigenvalue weighted by Gasteiger charge is -1.98. The van der Waals surface area contributed by atoms with Crippen molar-refractivity contribution in [3.63, 3.8) is 0 Å². The van der Waals surface area contributed by atoms with Gasteiger partial charge in [0, 0.05) is 7.05 Å². The van der Waals surface area contributed by atoms with Crippen molar-refractivity contribution in [2.75, 3.05) is 0 Å². The number of aryl methyl sites for hydroxylation is 2. The van der Waals surface area contributed by atoms with Crippen molar-refractivity contribution >= 4 is 18.4 Å². The fraction of sp³-hybridized carbons (Fsp3) is 0.333. The van der Waals surface area contributed by atoms with Crippen LogP contribution in [-0.4, -0.2) is 30.9 Å². The van der Waals surface area contributed by atoms with Crippen molar-refractivity contribution in [2.24, 2.45) is 12.1 Å². The number of H-pyrrole nitrogens is 1. The molecule has 0 radical (unpaired) electrons. The van der Waals surface area contributed by atoms with E-state index in [4.69, 9.17) is 12.2 Å². The smallest absolute Gasteiger partial charge is 0.267 e. The first-order chi connectivity index (χ1) is 8.49. The van der Waals surface area contributed by atoms with E-state index in [1.165, 1.54) is 6.21 Å². The maximum absolute atomic E-state index is 12.6. The number of halogens is 2. The number of hydrogen-bond donors (Lipinski definition) is 1. The second-order valence-corrected chi connectivity index (χ2v) is 3.96. The normalized spacial score (nSPS) is 11.8. The molecule has 0 saturated heterocycles. The van der Waals surface area contributed by atoms with E-state index in [1.807, 2.05) is 6.92 Å². The topological polar surface area (TPSA) is 63.8 Å². The second-order valence-electron chi connectivity index (χ2n) is 3.58. The summed E-state index contributed by atoms with van der Waals surface area (Å²) < 4.78 is 27.7. The number of hydrogen-bond acceptors (Lipinski definition) is 4. The highest BCUT2D eigenvalue weighted by molar-refractivity contribution is 7.71. The maximum Gasteiger partial charge on any atom is 0.299 e. The lowest BCUT2D eigenvalue weighted by atomic mass is 10.4. The molecular weight excluding hydrogens is 262 g/mol. The molecule has 9 heteroatoms. The van der Waals surface area contributed by atoms with E-state index in [2.05, 4.69) is 20.4 Å². The largest absolute Gasteiger partial charge is 0.299 e. The third-order valence-electron chi connectivity index (χ3n) is 2.21. The fourth-order valence-corrected chi connectivity index (χ4v) is 1.61. The standard InChI is InChI=1S/C9H10F2N6S/c1-5-3-6(16(2)15-5)4-12-17-8(7(10)11)13-14-9(17)18/h3-4,7H,1-2H3,(H,14,18). The Labute approximate surface area is 106 Å². The second kappa shape index (κ2) is 4.77. The third-order valence-corrected chi connectivity index (χ3v) is 2.48. The van der Waals surface area contributed by atoms with E-state index < -0.39 is 12.2 Å². The Morgan fingerprint density at radius 2 is 2.28 bits per heavy atom. The van der Waals surface area contributed by atoms with Crippen LogP contribution >= 0.6 is 12.2 Å². The zero-order chi connectivity index (χ0) is 13.3. The molecule has 0 spiro atoms. The van der Waals surface area contributed by atoms with Gasteiger partial charge in [-0.05, 0) is 25.2 Å². The lowest BCUT2D eigenvalue weighted by molar-refractivity contribution is 0.136. The molecule has 0 unspecified atom stereocenters. The Hall–Kier alpha value is -1.90. The Morgan fingerprint density at radius 3 is 2.83 bits per heavy atom. The molecule has 2 aromatic rings. The van der Waals surface area contributed by atoms with Crippen LogP contribution in [0.1, 0.15) is 23.6 Å². The predicted octanol–water partition coefficient (Wildman–Crippen LogP) is 1.80. The van der Waals surface area contributed by atoms with E-state index in [-0.39, 0.29) is 4.77 Å². The van der Waals surface area contributed by atoms with Crippen LogP contribution in [-0.2, 0) is 7.05 Å². The summed E-state index contributed by atoms with van der Waals surface area (Å²) in [4.78, 5) is 0. The number of aromatic amines is 1. The number of rotatable bonds is 3. The fourth-order valence-electron chi connectivity index (χ4n) is 1.43. The molecule has 0 aliphatic heterocycles. The molecule has 0 aliphatic rings. The summed E-state index contributed by atoms with van der Waals surface area (Å²) >= 11 is 4.82. The van der Waals surface area contributed by atoms with Gasteiger partial charge >= 0.3 is 0 Å². The molecule has 96 valence electrons. The van der Waals surface area contributed by atoms with Crippen molar-refractivity contribution < 1.29 is 8.78 Å². The molecule has 0 bridgehead atoms. The monoisotopic (exact) mass is 272 g/mol. The Kier molecular flexibility index (Phi) is 3.32. The van der Waals surface area contributed by atoms with Crippen LogP contribution in [0, 0.1) is 11.7 Å². The van der Waals surface area contributed by atoms with Gasteiger partial charge in [-0.1, -0.05) is 0 Å².